The Bertz CT molecular complexity index is 709. The molecule has 7 heteroatoms. The second kappa shape index (κ2) is 6.86. The van der Waals surface area contributed by atoms with Crippen LogP contribution in [0, 0.1) is 10.1 Å². The van der Waals surface area contributed by atoms with Crippen molar-refractivity contribution >= 4 is 5.69 Å². The fourth-order valence-electron chi connectivity index (χ4n) is 2.19. The van der Waals surface area contributed by atoms with Crippen LogP contribution in [0.4, 0.5) is 5.69 Å². The lowest BCUT2D eigenvalue weighted by molar-refractivity contribution is -0.917. The molecule has 0 aliphatic carbocycles. The molecule has 0 saturated heterocycles. The lowest BCUT2D eigenvalue weighted by Gasteiger charge is -2.15. The number of benzene rings is 1. The quantitative estimate of drug-likeness (QED) is 0.620. The van der Waals surface area contributed by atoms with E-state index in [2.05, 4.69) is 0 Å². The fourth-order valence-corrected chi connectivity index (χ4v) is 2.19. The highest BCUT2D eigenvalue weighted by atomic mass is 16.6. The highest BCUT2D eigenvalue weighted by molar-refractivity contribution is 5.26. The molecule has 1 heterocycles. The number of nitro groups is 1. The highest BCUT2D eigenvalue weighted by Crippen LogP contribution is 2.10. The zero-order chi connectivity index (χ0) is 16.1. The molecule has 116 valence electrons. The topological polar surface area (TPSA) is 78.8 Å². The van der Waals surface area contributed by atoms with Gasteiger partial charge in [-0.05, 0) is 24.3 Å². The van der Waals surface area contributed by atoms with Crippen LogP contribution in [0.15, 0.2) is 47.4 Å². The van der Waals surface area contributed by atoms with Gasteiger partial charge in [-0.2, -0.15) is 0 Å². The summed E-state index contributed by atoms with van der Waals surface area (Å²) >= 11 is 0. The van der Waals surface area contributed by atoms with Gasteiger partial charge in [0.2, 0.25) is 0 Å². The second-order valence-corrected chi connectivity index (χ2v) is 5.09. The van der Waals surface area contributed by atoms with Gasteiger partial charge in [0, 0.05) is 17.7 Å². The molecular formula is C15H18N3O4+. The number of methoxy groups -OCH3 is 1. The number of pyridine rings is 1. The molecule has 0 bridgehead atoms. The molecule has 1 atom stereocenters. The summed E-state index contributed by atoms with van der Waals surface area (Å²) in [6.07, 6.45) is 1.28. The van der Waals surface area contributed by atoms with Crippen molar-refractivity contribution in [3.05, 3.63) is 68.6 Å². The number of nitrogens with zero attached hydrogens (tertiary/aromatic N) is 2. The Morgan fingerprint density at radius 1 is 1.23 bits per heavy atom. The molecule has 1 aromatic carbocycles. The summed E-state index contributed by atoms with van der Waals surface area (Å²) < 4.78 is 6.46. The summed E-state index contributed by atoms with van der Waals surface area (Å²) in [6.45, 7) is 1.05. The van der Waals surface area contributed by atoms with Gasteiger partial charge in [0.1, 0.15) is 12.3 Å². The van der Waals surface area contributed by atoms with Crippen LogP contribution in [0.2, 0.25) is 0 Å². The Morgan fingerprint density at radius 3 is 2.50 bits per heavy atom. The van der Waals surface area contributed by atoms with Crippen molar-refractivity contribution in [2.24, 2.45) is 0 Å². The summed E-state index contributed by atoms with van der Waals surface area (Å²) in [5, 5.41) is 10.8. The van der Waals surface area contributed by atoms with Crippen molar-refractivity contribution in [1.82, 2.24) is 4.57 Å². The SMILES string of the molecule is COc1ccc(C[NH+](C)Cn2cc([N+](=O)[O-])ccc2=O)cc1. The third-order valence-corrected chi connectivity index (χ3v) is 3.28. The maximum atomic E-state index is 11.8. The van der Waals surface area contributed by atoms with Gasteiger partial charge in [-0.25, -0.2) is 0 Å². The molecular weight excluding hydrogens is 286 g/mol. The molecule has 2 aromatic rings. The monoisotopic (exact) mass is 304 g/mol. The van der Waals surface area contributed by atoms with Crippen molar-refractivity contribution in [2.45, 2.75) is 13.2 Å². The van der Waals surface area contributed by atoms with Gasteiger partial charge in [0.15, 0.2) is 6.67 Å². The molecule has 0 radical (unpaired) electrons. The Balaban J connectivity index is 2.07. The van der Waals surface area contributed by atoms with Crippen LogP contribution >= 0.6 is 0 Å². The Labute approximate surface area is 127 Å². The first-order chi connectivity index (χ1) is 10.5. The first-order valence-corrected chi connectivity index (χ1v) is 6.78. The lowest BCUT2D eigenvalue weighted by Crippen LogP contribution is -3.07. The maximum Gasteiger partial charge on any atom is 0.285 e. The standard InChI is InChI=1S/C15H17N3O4/c1-16(9-12-3-6-14(22-2)7-4-12)11-17-10-13(18(20)21)5-8-15(17)19/h3-8,10H,9,11H2,1-2H3/p+1. The summed E-state index contributed by atoms with van der Waals surface area (Å²) in [4.78, 5) is 23.1. The van der Waals surface area contributed by atoms with Crippen LogP contribution in [-0.2, 0) is 13.2 Å². The third-order valence-electron chi connectivity index (χ3n) is 3.28. The number of ether oxygens (including phenoxy) is 1. The van der Waals surface area contributed by atoms with Crippen LogP contribution < -0.4 is 15.2 Å². The van der Waals surface area contributed by atoms with Gasteiger partial charge >= 0.3 is 0 Å². The smallest absolute Gasteiger partial charge is 0.285 e. The molecule has 22 heavy (non-hydrogen) atoms. The zero-order valence-corrected chi connectivity index (χ0v) is 12.5. The average molecular weight is 304 g/mol. The summed E-state index contributed by atoms with van der Waals surface area (Å²) in [5.41, 5.74) is 0.758. The van der Waals surface area contributed by atoms with Gasteiger partial charge in [-0.3, -0.25) is 19.5 Å². The Kier molecular flexibility index (Phi) is 4.90. The fraction of sp³-hybridized carbons (Fsp3) is 0.267. The summed E-state index contributed by atoms with van der Waals surface area (Å²) in [7, 11) is 3.54. The molecule has 0 spiro atoms. The van der Waals surface area contributed by atoms with Crippen molar-refractivity contribution < 1.29 is 14.6 Å². The normalized spacial score (nSPS) is 11.9. The summed E-state index contributed by atoms with van der Waals surface area (Å²) in [5.74, 6) is 0.788. The van der Waals surface area contributed by atoms with Crippen LogP contribution in [0.5, 0.6) is 5.75 Å². The number of aromatic nitrogens is 1. The lowest BCUT2D eigenvalue weighted by atomic mass is 10.2. The minimum Gasteiger partial charge on any atom is -0.497 e. The van der Waals surface area contributed by atoms with E-state index in [0.717, 1.165) is 16.2 Å². The van der Waals surface area contributed by atoms with Gasteiger partial charge < -0.3 is 9.64 Å². The van der Waals surface area contributed by atoms with Gasteiger partial charge in [-0.15, -0.1) is 0 Å². The zero-order valence-electron chi connectivity index (χ0n) is 12.5. The van der Waals surface area contributed by atoms with E-state index < -0.39 is 4.92 Å². The largest absolute Gasteiger partial charge is 0.497 e. The minimum absolute atomic E-state index is 0.0863. The van der Waals surface area contributed by atoms with Crippen molar-refractivity contribution in [1.29, 1.82) is 0 Å². The molecule has 1 N–H and O–H groups in total. The van der Waals surface area contributed by atoms with Gasteiger partial charge in [0.25, 0.3) is 11.2 Å². The molecule has 0 aliphatic heterocycles. The van der Waals surface area contributed by atoms with Gasteiger partial charge in [-0.1, -0.05) is 0 Å². The summed E-state index contributed by atoms with van der Waals surface area (Å²) in [6, 6.07) is 10.1. The number of rotatable bonds is 6. The van der Waals surface area contributed by atoms with Crippen LogP contribution in [0.25, 0.3) is 0 Å². The van der Waals surface area contributed by atoms with Gasteiger partial charge in [0.05, 0.1) is 25.3 Å². The number of nitrogens with one attached hydrogen (secondary N) is 1. The van der Waals surface area contributed by atoms with Crippen molar-refractivity contribution in [2.75, 3.05) is 14.2 Å². The van der Waals surface area contributed by atoms with E-state index in [1.165, 1.54) is 22.9 Å². The number of hydrogen-bond acceptors (Lipinski definition) is 4. The van der Waals surface area contributed by atoms with E-state index in [4.69, 9.17) is 4.74 Å². The molecule has 2 rings (SSSR count). The van der Waals surface area contributed by atoms with E-state index in [9.17, 15) is 14.9 Å². The van der Waals surface area contributed by atoms with Crippen LogP contribution in [0.3, 0.4) is 0 Å². The van der Waals surface area contributed by atoms with E-state index in [1.54, 1.807) is 7.11 Å². The number of quaternary nitrogens is 1. The first kappa shape index (κ1) is 15.7. The van der Waals surface area contributed by atoms with Crippen LogP contribution in [0.1, 0.15) is 5.56 Å². The third kappa shape index (κ3) is 3.92. The van der Waals surface area contributed by atoms with Crippen molar-refractivity contribution in [3.8, 4) is 5.75 Å². The van der Waals surface area contributed by atoms with Crippen LogP contribution in [-0.4, -0.2) is 23.6 Å². The molecule has 0 aliphatic rings. The average Bonchev–Trinajstić information content (AvgIpc) is 2.50. The predicted octanol–water partition coefficient (Wildman–Crippen LogP) is 0.438. The van der Waals surface area contributed by atoms with Crippen molar-refractivity contribution in [3.63, 3.8) is 0 Å². The van der Waals surface area contributed by atoms with E-state index in [0.29, 0.717) is 13.2 Å². The second-order valence-electron chi connectivity index (χ2n) is 5.09. The highest BCUT2D eigenvalue weighted by Gasteiger charge is 2.11. The van der Waals surface area contributed by atoms with E-state index in [-0.39, 0.29) is 11.2 Å². The predicted molar refractivity (Wildman–Crippen MR) is 80.9 cm³/mol. The molecule has 0 amide bonds. The van der Waals surface area contributed by atoms with E-state index >= 15 is 0 Å². The molecule has 0 fully saturated rings. The van der Waals surface area contributed by atoms with E-state index in [1.807, 2.05) is 31.3 Å². The Morgan fingerprint density at radius 2 is 1.91 bits per heavy atom. The molecule has 1 aromatic heterocycles. The minimum atomic E-state index is -0.505. The Hall–Kier alpha value is -2.67. The number of hydrogen-bond donors (Lipinski definition) is 1. The molecule has 0 saturated carbocycles. The first-order valence-electron chi connectivity index (χ1n) is 6.78. The molecule has 1 unspecified atom stereocenters. The molecule has 7 nitrogen and oxygen atoms in total. The maximum absolute atomic E-state index is 11.8.